The molecule has 1 aliphatic heterocycles. The number of fused-ring (bicyclic) bond motifs is 3. The van der Waals surface area contributed by atoms with Crippen LogP contribution in [0, 0.1) is 0 Å². The first kappa shape index (κ1) is 28.7. The second kappa shape index (κ2) is 11.1. The fourth-order valence-corrected chi connectivity index (χ4v) is 8.50. The van der Waals surface area contributed by atoms with E-state index in [0.29, 0.717) is 0 Å². The minimum absolute atomic E-state index is 0.724. The summed E-state index contributed by atoms with van der Waals surface area (Å²) >= 11 is 0. The van der Waals surface area contributed by atoms with E-state index in [4.69, 9.17) is 0 Å². The molecule has 1 N–H and O–H groups in total. The number of nitrogens with one attached hydrogen (secondary N) is 1. The lowest BCUT2D eigenvalue weighted by Crippen LogP contribution is -2.18. The maximum Gasteiger partial charge on any atom is 0.0679 e. The van der Waals surface area contributed by atoms with Crippen LogP contribution in [-0.2, 0) is 0 Å². The summed E-state index contributed by atoms with van der Waals surface area (Å²) in [5, 5.41) is 9.03. The Morgan fingerprint density at radius 2 is 1.16 bits per heavy atom. The van der Waals surface area contributed by atoms with Gasteiger partial charge in [-0.05, 0) is 150 Å². The van der Waals surface area contributed by atoms with Crippen molar-refractivity contribution in [1.29, 1.82) is 0 Å². The maximum absolute atomic E-state index is 4.60. The lowest BCUT2D eigenvalue weighted by molar-refractivity contribution is 1.000. The van der Waals surface area contributed by atoms with Crippen LogP contribution in [0.1, 0.15) is 36.2 Å². The summed E-state index contributed by atoms with van der Waals surface area (Å²) in [6.07, 6.45) is 10.7. The summed E-state index contributed by atoms with van der Waals surface area (Å²) in [5.74, 6) is 0. The Bertz CT molecular complexity index is 2670. The Labute approximate surface area is 292 Å². The van der Waals surface area contributed by atoms with E-state index in [-0.39, 0.29) is 0 Å². The van der Waals surface area contributed by atoms with Crippen molar-refractivity contribution >= 4 is 44.0 Å². The van der Waals surface area contributed by atoms with Gasteiger partial charge in [0.15, 0.2) is 0 Å². The number of pyridine rings is 1. The molecule has 0 bridgehead atoms. The normalized spacial score (nSPS) is 14.4. The predicted octanol–water partition coefficient (Wildman–Crippen LogP) is 12.2. The Morgan fingerprint density at radius 3 is 1.82 bits per heavy atom. The summed E-state index contributed by atoms with van der Waals surface area (Å²) < 4.78 is 0. The van der Waals surface area contributed by atoms with Crippen molar-refractivity contribution in [3.63, 3.8) is 0 Å². The van der Waals surface area contributed by atoms with Gasteiger partial charge in [0, 0.05) is 18.4 Å². The van der Waals surface area contributed by atoms with Crippen LogP contribution in [0.3, 0.4) is 0 Å². The second-order valence-electron chi connectivity index (χ2n) is 13.5. The first-order valence-corrected chi connectivity index (χ1v) is 17.5. The molecular weight excluding hydrogens is 605 g/mol. The van der Waals surface area contributed by atoms with Crippen molar-refractivity contribution in [3.8, 4) is 44.5 Å². The van der Waals surface area contributed by atoms with Crippen LogP contribution < -0.4 is 5.32 Å². The van der Waals surface area contributed by atoms with Gasteiger partial charge < -0.3 is 5.32 Å². The zero-order valence-electron chi connectivity index (χ0n) is 28.1. The molecule has 0 radical (unpaired) electrons. The number of nitrogens with zero attached hydrogens (tertiary/aromatic N) is 1. The van der Waals surface area contributed by atoms with Crippen molar-refractivity contribution in [2.45, 2.75) is 13.8 Å². The molecule has 7 aromatic rings. The largest absolute Gasteiger partial charge is 0.380 e. The molecule has 10 rings (SSSR count). The number of hydrogen-bond acceptors (Lipinski definition) is 2. The molecule has 0 atom stereocenters. The highest BCUT2D eigenvalue weighted by molar-refractivity contribution is 6.20. The minimum atomic E-state index is 0.724. The third-order valence-electron chi connectivity index (χ3n) is 10.8. The predicted molar refractivity (Wildman–Crippen MR) is 212 cm³/mol. The molecule has 2 nitrogen and oxygen atoms in total. The highest BCUT2D eigenvalue weighted by Gasteiger charge is 2.24. The molecule has 0 spiro atoms. The van der Waals surface area contributed by atoms with Crippen LogP contribution in [0.4, 0.5) is 0 Å². The molecule has 0 saturated heterocycles. The van der Waals surface area contributed by atoms with Crippen molar-refractivity contribution in [2.75, 3.05) is 6.54 Å². The van der Waals surface area contributed by atoms with Crippen LogP contribution in [0.2, 0.25) is 0 Å². The van der Waals surface area contributed by atoms with E-state index in [1.807, 2.05) is 18.3 Å². The van der Waals surface area contributed by atoms with Gasteiger partial charge in [0.1, 0.15) is 0 Å². The van der Waals surface area contributed by atoms with Gasteiger partial charge in [-0.25, -0.2) is 0 Å². The molecule has 0 unspecified atom stereocenters. The molecule has 2 aliphatic carbocycles. The van der Waals surface area contributed by atoms with Gasteiger partial charge in [-0.2, -0.15) is 0 Å². The van der Waals surface area contributed by atoms with E-state index in [2.05, 4.69) is 158 Å². The number of aromatic nitrogens is 1. The van der Waals surface area contributed by atoms with Gasteiger partial charge in [-0.3, -0.25) is 4.98 Å². The quantitative estimate of drug-likeness (QED) is 0.203. The van der Waals surface area contributed by atoms with E-state index in [9.17, 15) is 0 Å². The number of rotatable bonds is 5. The average Bonchev–Trinajstić information content (AvgIpc) is 3.65. The van der Waals surface area contributed by atoms with Crippen LogP contribution >= 0.6 is 0 Å². The molecule has 0 saturated carbocycles. The maximum atomic E-state index is 4.60. The van der Waals surface area contributed by atoms with Crippen molar-refractivity contribution in [3.05, 3.63) is 174 Å². The van der Waals surface area contributed by atoms with E-state index in [0.717, 1.165) is 17.9 Å². The van der Waals surface area contributed by atoms with E-state index in [1.165, 1.54) is 99.5 Å². The van der Waals surface area contributed by atoms with Gasteiger partial charge in [0.2, 0.25) is 0 Å². The number of allylic oxidation sites excluding steroid dienone is 6. The fourth-order valence-electron chi connectivity index (χ4n) is 8.50. The van der Waals surface area contributed by atoms with Crippen LogP contribution in [0.5, 0.6) is 0 Å². The Morgan fingerprint density at radius 1 is 0.560 bits per heavy atom. The molecule has 236 valence electrons. The van der Waals surface area contributed by atoms with Crippen molar-refractivity contribution < 1.29 is 0 Å². The van der Waals surface area contributed by atoms with Crippen molar-refractivity contribution in [1.82, 2.24) is 10.3 Å². The summed E-state index contributed by atoms with van der Waals surface area (Å²) in [5.41, 5.74) is 20.0. The SMILES string of the molecule is C/C=C\C1=C(C)c2ccc(-c3cc(C4=CC=C(c5ccccn5)CN4)cc(-c4ccc5c6c(cccc46)-c4ccccc4-5)c3)c3cccc1c23. The first-order chi connectivity index (χ1) is 24.7. The zero-order valence-corrected chi connectivity index (χ0v) is 28.1. The topological polar surface area (TPSA) is 24.9 Å². The molecule has 0 fully saturated rings. The molecule has 50 heavy (non-hydrogen) atoms. The zero-order chi connectivity index (χ0) is 33.3. The monoisotopic (exact) mass is 638 g/mol. The summed E-state index contributed by atoms with van der Waals surface area (Å²) in [6, 6.07) is 44.9. The van der Waals surface area contributed by atoms with Crippen LogP contribution in [0.25, 0.3) is 88.5 Å². The fraction of sp³-hybridized carbons (Fsp3) is 0.0625. The summed E-state index contributed by atoms with van der Waals surface area (Å²) in [6.45, 7) is 5.08. The molecule has 6 aromatic carbocycles. The van der Waals surface area contributed by atoms with E-state index < -0.39 is 0 Å². The standard InChI is InChI=1S/C48H34N2/c1-3-10-34-29(2)35-19-20-36(41-14-8-13-40(34)47(35)41)31-25-32(27-33(26-31)46-23-18-30(28-50-46)45-17-6-7-24-49-45)37-21-22-44-39-12-5-4-11-38(39)43-16-9-15-42(37)48(43)44/h3-27,50H,28H2,1-2H3/b10-3-. The van der Waals surface area contributed by atoms with Gasteiger partial charge in [-0.1, -0.05) is 109 Å². The molecular formula is C48H34N2. The van der Waals surface area contributed by atoms with Gasteiger partial charge in [0.05, 0.1) is 5.69 Å². The number of benzene rings is 6. The summed E-state index contributed by atoms with van der Waals surface area (Å²) in [7, 11) is 0. The third-order valence-corrected chi connectivity index (χ3v) is 10.8. The summed E-state index contributed by atoms with van der Waals surface area (Å²) in [4.78, 5) is 4.60. The van der Waals surface area contributed by atoms with Crippen LogP contribution in [0.15, 0.2) is 152 Å². The molecule has 2 heterocycles. The van der Waals surface area contributed by atoms with E-state index in [1.54, 1.807) is 0 Å². The highest BCUT2D eigenvalue weighted by atomic mass is 14.9. The smallest absolute Gasteiger partial charge is 0.0679 e. The average molecular weight is 639 g/mol. The number of hydrogen-bond donors (Lipinski definition) is 1. The van der Waals surface area contributed by atoms with E-state index >= 15 is 0 Å². The Hall–Kier alpha value is -6.25. The third kappa shape index (κ3) is 4.25. The molecule has 3 aliphatic rings. The number of dihydropyridines is 1. The molecule has 0 amide bonds. The lowest BCUT2D eigenvalue weighted by atomic mass is 9.88. The Balaban J connectivity index is 1.19. The highest BCUT2D eigenvalue weighted by Crippen LogP contribution is 2.50. The first-order valence-electron chi connectivity index (χ1n) is 17.5. The molecule has 1 aromatic heterocycles. The molecule has 2 heteroatoms. The minimum Gasteiger partial charge on any atom is -0.380 e. The lowest BCUT2D eigenvalue weighted by Gasteiger charge is -2.20. The van der Waals surface area contributed by atoms with Crippen molar-refractivity contribution in [2.24, 2.45) is 0 Å². The van der Waals surface area contributed by atoms with Gasteiger partial charge in [-0.15, -0.1) is 0 Å². The van der Waals surface area contributed by atoms with Crippen LogP contribution in [-0.4, -0.2) is 11.5 Å². The van der Waals surface area contributed by atoms with Gasteiger partial charge >= 0.3 is 0 Å². The second-order valence-corrected chi connectivity index (χ2v) is 13.5. The Kier molecular flexibility index (Phi) is 6.41. The van der Waals surface area contributed by atoms with Gasteiger partial charge in [0.25, 0.3) is 0 Å².